The van der Waals surface area contributed by atoms with Crippen LogP contribution in [0.3, 0.4) is 0 Å². The molecule has 3 heterocycles. The Kier molecular flexibility index (Phi) is 4.15. The van der Waals surface area contributed by atoms with Gasteiger partial charge in [-0.3, -0.25) is 0 Å². The average molecular weight is 366 g/mol. The van der Waals surface area contributed by atoms with Gasteiger partial charge in [-0.2, -0.15) is 0 Å². The number of hydrogen-bond donors (Lipinski definition) is 0. The van der Waals surface area contributed by atoms with Crippen molar-refractivity contribution < 1.29 is 13.2 Å². The van der Waals surface area contributed by atoms with Crippen LogP contribution in [0.4, 0.5) is 11.6 Å². The van der Waals surface area contributed by atoms with Gasteiger partial charge in [0, 0.05) is 45.8 Å². The first-order valence-corrected chi connectivity index (χ1v) is 10.6. The van der Waals surface area contributed by atoms with Crippen molar-refractivity contribution >= 4 is 21.5 Å². The minimum atomic E-state index is -3.08. The number of sulfone groups is 1. The summed E-state index contributed by atoms with van der Waals surface area (Å²) in [5.41, 5.74) is 0. The third-order valence-electron chi connectivity index (χ3n) is 5.81. The minimum Gasteiger partial charge on any atom is -0.381 e. The van der Waals surface area contributed by atoms with Gasteiger partial charge in [-0.25, -0.2) is 18.4 Å². The predicted molar refractivity (Wildman–Crippen MR) is 96.7 cm³/mol. The molecule has 138 valence electrons. The number of rotatable bonds is 6. The molecule has 2 saturated heterocycles. The molecule has 0 aromatic carbocycles. The van der Waals surface area contributed by atoms with Crippen molar-refractivity contribution in [1.29, 1.82) is 0 Å². The molecule has 1 unspecified atom stereocenters. The molecule has 2 aliphatic heterocycles. The maximum absolute atomic E-state index is 12.7. The molecule has 3 aliphatic rings. The SMILES string of the molecule is CN(C)c1cc(N2CC3(C2)C(COCC2CC2)CCS3(=O)=O)ncn1. The van der Waals surface area contributed by atoms with Crippen LogP contribution in [-0.4, -0.2) is 69.3 Å². The topological polar surface area (TPSA) is 75.6 Å². The Balaban J connectivity index is 1.46. The summed E-state index contributed by atoms with van der Waals surface area (Å²) < 4.78 is 30.6. The van der Waals surface area contributed by atoms with E-state index in [0.29, 0.717) is 32.0 Å². The van der Waals surface area contributed by atoms with E-state index in [1.165, 1.54) is 19.2 Å². The van der Waals surface area contributed by atoms with Crippen molar-refractivity contribution in [2.75, 3.05) is 56.0 Å². The molecule has 1 atom stereocenters. The van der Waals surface area contributed by atoms with Gasteiger partial charge >= 0.3 is 0 Å². The fourth-order valence-corrected chi connectivity index (χ4v) is 6.29. The van der Waals surface area contributed by atoms with Gasteiger partial charge in [0.15, 0.2) is 9.84 Å². The summed E-state index contributed by atoms with van der Waals surface area (Å²) in [6.07, 6.45) is 4.76. The molecular formula is C17H26N4O3S. The van der Waals surface area contributed by atoms with E-state index < -0.39 is 14.6 Å². The lowest BCUT2D eigenvalue weighted by Crippen LogP contribution is -2.68. The van der Waals surface area contributed by atoms with Crippen LogP contribution in [0.2, 0.25) is 0 Å². The fraction of sp³-hybridized carbons (Fsp3) is 0.765. The van der Waals surface area contributed by atoms with Crippen molar-refractivity contribution in [2.24, 2.45) is 11.8 Å². The highest BCUT2D eigenvalue weighted by molar-refractivity contribution is 7.93. The predicted octanol–water partition coefficient (Wildman–Crippen LogP) is 0.963. The van der Waals surface area contributed by atoms with Gasteiger partial charge in [0.05, 0.1) is 12.4 Å². The molecular weight excluding hydrogens is 340 g/mol. The van der Waals surface area contributed by atoms with E-state index in [4.69, 9.17) is 4.74 Å². The van der Waals surface area contributed by atoms with E-state index in [1.54, 1.807) is 0 Å². The minimum absolute atomic E-state index is 0.0997. The van der Waals surface area contributed by atoms with Crippen LogP contribution in [0, 0.1) is 11.8 Å². The highest BCUT2D eigenvalue weighted by atomic mass is 32.2. The monoisotopic (exact) mass is 366 g/mol. The molecule has 1 spiro atoms. The maximum atomic E-state index is 12.7. The Bertz CT molecular complexity index is 742. The van der Waals surface area contributed by atoms with E-state index in [2.05, 4.69) is 9.97 Å². The Labute approximate surface area is 149 Å². The molecule has 4 rings (SSSR count). The van der Waals surface area contributed by atoms with Crippen LogP contribution in [0.25, 0.3) is 0 Å². The van der Waals surface area contributed by atoms with Crippen LogP contribution in [0.5, 0.6) is 0 Å². The van der Waals surface area contributed by atoms with Crippen molar-refractivity contribution in [3.05, 3.63) is 12.4 Å². The largest absolute Gasteiger partial charge is 0.381 e. The first-order valence-electron chi connectivity index (χ1n) is 8.96. The van der Waals surface area contributed by atoms with Crippen LogP contribution in [-0.2, 0) is 14.6 Å². The highest BCUT2D eigenvalue weighted by Crippen LogP contribution is 2.46. The summed E-state index contributed by atoms with van der Waals surface area (Å²) in [7, 11) is 0.781. The molecule has 7 nitrogen and oxygen atoms in total. The Morgan fingerprint density at radius 2 is 2.00 bits per heavy atom. The second-order valence-corrected chi connectivity index (χ2v) is 10.3. The Morgan fingerprint density at radius 3 is 2.68 bits per heavy atom. The second kappa shape index (κ2) is 6.09. The second-order valence-electron chi connectivity index (χ2n) is 7.83. The standard InChI is InChI=1S/C17H26N4O3S/c1-20(2)15-7-16(19-12-18-15)21-10-17(11-21)14(5-6-25(17,22)23)9-24-8-13-3-4-13/h7,12-14H,3-6,8-11H2,1-2H3. The Hall–Kier alpha value is -1.41. The molecule has 1 saturated carbocycles. The molecule has 0 bridgehead atoms. The average Bonchev–Trinajstić information content (AvgIpc) is 3.30. The van der Waals surface area contributed by atoms with Gasteiger partial charge in [0.1, 0.15) is 22.7 Å². The first kappa shape index (κ1) is 17.0. The molecule has 3 fully saturated rings. The Morgan fingerprint density at radius 1 is 1.24 bits per heavy atom. The number of anilines is 2. The van der Waals surface area contributed by atoms with Crippen molar-refractivity contribution in [3.63, 3.8) is 0 Å². The highest BCUT2D eigenvalue weighted by Gasteiger charge is 2.61. The van der Waals surface area contributed by atoms with Crippen molar-refractivity contribution in [1.82, 2.24) is 9.97 Å². The van der Waals surface area contributed by atoms with Gasteiger partial charge < -0.3 is 14.5 Å². The van der Waals surface area contributed by atoms with Gasteiger partial charge in [-0.15, -0.1) is 0 Å². The quantitative estimate of drug-likeness (QED) is 0.742. The molecule has 0 amide bonds. The lowest BCUT2D eigenvalue weighted by atomic mass is 9.83. The smallest absolute Gasteiger partial charge is 0.159 e. The lowest BCUT2D eigenvalue weighted by molar-refractivity contribution is 0.0730. The van der Waals surface area contributed by atoms with E-state index in [-0.39, 0.29) is 11.7 Å². The number of nitrogens with zero attached hydrogens (tertiary/aromatic N) is 4. The molecule has 1 aromatic rings. The normalized spacial score (nSPS) is 26.6. The van der Waals surface area contributed by atoms with E-state index in [1.807, 2.05) is 30.0 Å². The summed E-state index contributed by atoms with van der Waals surface area (Å²) in [4.78, 5) is 12.5. The van der Waals surface area contributed by atoms with Gasteiger partial charge in [0.25, 0.3) is 0 Å². The first-order chi connectivity index (χ1) is 11.9. The summed E-state index contributed by atoms with van der Waals surface area (Å²) in [6, 6.07) is 1.91. The fourth-order valence-electron chi connectivity index (χ4n) is 3.89. The van der Waals surface area contributed by atoms with Crippen LogP contribution in [0.1, 0.15) is 19.3 Å². The molecule has 8 heteroatoms. The van der Waals surface area contributed by atoms with Crippen LogP contribution in [0.15, 0.2) is 12.4 Å². The number of ether oxygens (including phenoxy) is 1. The molecule has 0 N–H and O–H groups in total. The van der Waals surface area contributed by atoms with E-state index >= 15 is 0 Å². The van der Waals surface area contributed by atoms with Crippen LogP contribution < -0.4 is 9.80 Å². The third kappa shape index (κ3) is 2.99. The summed E-state index contributed by atoms with van der Waals surface area (Å²) in [5.74, 6) is 2.71. The lowest BCUT2D eigenvalue weighted by Gasteiger charge is -2.50. The third-order valence-corrected chi connectivity index (χ3v) is 8.41. The van der Waals surface area contributed by atoms with Crippen molar-refractivity contribution in [2.45, 2.75) is 24.0 Å². The van der Waals surface area contributed by atoms with Crippen LogP contribution >= 0.6 is 0 Å². The maximum Gasteiger partial charge on any atom is 0.159 e. The zero-order valence-corrected chi connectivity index (χ0v) is 15.7. The van der Waals surface area contributed by atoms with Gasteiger partial charge in [-0.05, 0) is 25.2 Å². The van der Waals surface area contributed by atoms with Crippen molar-refractivity contribution in [3.8, 4) is 0 Å². The molecule has 1 aromatic heterocycles. The summed E-state index contributed by atoms with van der Waals surface area (Å²) in [6.45, 7) is 2.37. The van der Waals surface area contributed by atoms with E-state index in [9.17, 15) is 8.42 Å². The summed E-state index contributed by atoms with van der Waals surface area (Å²) in [5, 5.41) is 0. The molecule has 25 heavy (non-hydrogen) atoms. The van der Waals surface area contributed by atoms with Gasteiger partial charge in [0.2, 0.25) is 0 Å². The summed E-state index contributed by atoms with van der Waals surface area (Å²) >= 11 is 0. The van der Waals surface area contributed by atoms with E-state index in [0.717, 1.165) is 18.2 Å². The number of hydrogen-bond acceptors (Lipinski definition) is 7. The van der Waals surface area contributed by atoms with Gasteiger partial charge in [-0.1, -0.05) is 0 Å². The zero-order valence-electron chi connectivity index (χ0n) is 14.9. The molecule has 0 radical (unpaired) electrons. The molecule has 1 aliphatic carbocycles. The number of aromatic nitrogens is 2. The zero-order chi connectivity index (χ0) is 17.7.